The number of hydrogen-bond donors (Lipinski definition) is 3. The number of rotatable bonds is 4. The van der Waals surface area contributed by atoms with E-state index >= 15 is 0 Å². The molecule has 6 nitrogen and oxygen atoms in total. The van der Waals surface area contributed by atoms with E-state index in [0.717, 1.165) is 5.39 Å². The molecule has 6 heteroatoms. The van der Waals surface area contributed by atoms with E-state index in [1.54, 1.807) is 24.5 Å². The lowest BCUT2D eigenvalue weighted by Crippen LogP contribution is -2.25. The van der Waals surface area contributed by atoms with Crippen molar-refractivity contribution in [3.8, 4) is 0 Å². The van der Waals surface area contributed by atoms with Crippen molar-refractivity contribution >= 4 is 23.0 Å². The average Bonchev–Trinajstić information content (AvgIpc) is 2.68. The second kappa shape index (κ2) is 4.25. The zero-order valence-corrected chi connectivity index (χ0v) is 8.75. The molecule has 3 N–H and O–H groups in total. The van der Waals surface area contributed by atoms with Crippen molar-refractivity contribution in [1.82, 2.24) is 9.97 Å². The fraction of sp³-hybridized carbons (Fsp3) is 0.182. The van der Waals surface area contributed by atoms with Crippen LogP contribution in [0.3, 0.4) is 0 Å². The number of hydrogen-bond acceptors (Lipinski definition) is 3. The summed E-state index contributed by atoms with van der Waals surface area (Å²) in [6, 6.07) is 3.49. The van der Waals surface area contributed by atoms with Crippen LogP contribution in [0.5, 0.6) is 0 Å². The quantitative estimate of drug-likeness (QED) is 0.681. The highest BCUT2D eigenvalue weighted by Crippen LogP contribution is 2.19. The van der Waals surface area contributed by atoms with Gasteiger partial charge in [0.15, 0.2) is 5.92 Å². The molecule has 0 radical (unpaired) electrons. The number of fused-ring (bicyclic) bond motifs is 1. The maximum atomic E-state index is 10.8. The van der Waals surface area contributed by atoms with Gasteiger partial charge in [-0.1, -0.05) is 0 Å². The van der Waals surface area contributed by atoms with Gasteiger partial charge in [0.1, 0.15) is 5.65 Å². The minimum atomic E-state index is -1.44. The van der Waals surface area contributed by atoms with E-state index in [0.29, 0.717) is 11.2 Å². The number of aliphatic carboxylic acids is 2. The van der Waals surface area contributed by atoms with Crippen LogP contribution in [0.15, 0.2) is 24.5 Å². The summed E-state index contributed by atoms with van der Waals surface area (Å²) < 4.78 is 0. The van der Waals surface area contributed by atoms with Gasteiger partial charge in [0.05, 0.1) is 0 Å². The Hall–Kier alpha value is -2.37. The van der Waals surface area contributed by atoms with Gasteiger partial charge >= 0.3 is 11.9 Å². The molecule has 0 aliphatic heterocycles. The first-order valence-corrected chi connectivity index (χ1v) is 4.96. The van der Waals surface area contributed by atoms with Crippen LogP contribution in [0.1, 0.15) is 5.56 Å². The SMILES string of the molecule is O=C(O)C(Cc1c[nH]c2ncccc12)C(=O)O. The smallest absolute Gasteiger partial charge is 0.318 e. The number of H-pyrrole nitrogens is 1. The predicted molar refractivity (Wildman–Crippen MR) is 58.6 cm³/mol. The van der Waals surface area contributed by atoms with E-state index in [4.69, 9.17) is 10.2 Å². The van der Waals surface area contributed by atoms with E-state index in [2.05, 4.69) is 9.97 Å². The fourth-order valence-corrected chi connectivity index (χ4v) is 1.68. The molecule has 0 aromatic carbocycles. The van der Waals surface area contributed by atoms with Crippen molar-refractivity contribution in [3.63, 3.8) is 0 Å². The van der Waals surface area contributed by atoms with Gasteiger partial charge in [-0.2, -0.15) is 0 Å². The van der Waals surface area contributed by atoms with Gasteiger partial charge in [-0.3, -0.25) is 9.59 Å². The molecule has 2 rings (SSSR count). The van der Waals surface area contributed by atoms with Gasteiger partial charge in [-0.05, 0) is 24.1 Å². The lowest BCUT2D eigenvalue weighted by molar-refractivity contribution is -0.154. The summed E-state index contributed by atoms with van der Waals surface area (Å²) in [5.74, 6) is -4.11. The van der Waals surface area contributed by atoms with Crippen molar-refractivity contribution < 1.29 is 19.8 Å². The summed E-state index contributed by atoms with van der Waals surface area (Å²) >= 11 is 0. The Morgan fingerprint density at radius 1 is 1.35 bits per heavy atom. The van der Waals surface area contributed by atoms with E-state index < -0.39 is 17.9 Å². The second-order valence-electron chi connectivity index (χ2n) is 3.65. The first-order valence-electron chi connectivity index (χ1n) is 4.96. The molecule has 0 aliphatic carbocycles. The third kappa shape index (κ3) is 2.10. The molecule has 2 aromatic rings. The maximum absolute atomic E-state index is 10.8. The topological polar surface area (TPSA) is 103 Å². The number of pyridine rings is 1. The van der Waals surface area contributed by atoms with Gasteiger partial charge in [0, 0.05) is 17.8 Å². The highest BCUT2D eigenvalue weighted by Gasteiger charge is 2.26. The van der Waals surface area contributed by atoms with Crippen molar-refractivity contribution in [1.29, 1.82) is 0 Å². The van der Waals surface area contributed by atoms with Gasteiger partial charge in [-0.15, -0.1) is 0 Å². The number of nitrogens with one attached hydrogen (secondary N) is 1. The number of aromatic nitrogens is 2. The molecular weight excluding hydrogens is 224 g/mol. The van der Waals surface area contributed by atoms with Crippen molar-refractivity contribution in [2.24, 2.45) is 5.92 Å². The third-order valence-corrected chi connectivity index (χ3v) is 2.56. The Morgan fingerprint density at radius 3 is 2.71 bits per heavy atom. The van der Waals surface area contributed by atoms with Crippen molar-refractivity contribution in [3.05, 3.63) is 30.1 Å². The molecule has 0 unspecified atom stereocenters. The van der Waals surface area contributed by atoms with Gasteiger partial charge in [0.25, 0.3) is 0 Å². The highest BCUT2D eigenvalue weighted by molar-refractivity contribution is 5.94. The molecule has 17 heavy (non-hydrogen) atoms. The van der Waals surface area contributed by atoms with Crippen LogP contribution in [0.4, 0.5) is 0 Å². The number of carbonyl (C=O) groups is 2. The molecular formula is C11H10N2O4. The van der Waals surface area contributed by atoms with Crippen LogP contribution in [-0.4, -0.2) is 32.1 Å². The summed E-state index contributed by atoms with van der Waals surface area (Å²) in [6.45, 7) is 0. The van der Waals surface area contributed by atoms with Crippen molar-refractivity contribution in [2.45, 2.75) is 6.42 Å². The van der Waals surface area contributed by atoms with Crippen LogP contribution < -0.4 is 0 Å². The zero-order chi connectivity index (χ0) is 12.4. The minimum absolute atomic E-state index is 0.0592. The van der Waals surface area contributed by atoms with E-state index in [1.165, 1.54) is 0 Å². The van der Waals surface area contributed by atoms with E-state index in [-0.39, 0.29) is 6.42 Å². The summed E-state index contributed by atoms with van der Waals surface area (Å²) in [6.07, 6.45) is 3.14. The summed E-state index contributed by atoms with van der Waals surface area (Å²) in [7, 11) is 0. The molecule has 0 amide bonds. The molecule has 2 aromatic heterocycles. The number of aromatic amines is 1. The standard InChI is InChI=1S/C11H10N2O4/c14-10(15)8(11(16)17)4-6-5-13-9-7(6)2-1-3-12-9/h1-3,5,8H,4H2,(H,12,13)(H,14,15)(H,16,17). The first kappa shape index (κ1) is 11.1. The Labute approximate surface area is 95.9 Å². The molecule has 0 saturated carbocycles. The zero-order valence-electron chi connectivity index (χ0n) is 8.75. The van der Waals surface area contributed by atoms with Crippen LogP contribution in [0.2, 0.25) is 0 Å². The highest BCUT2D eigenvalue weighted by atomic mass is 16.4. The number of carboxylic acids is 2. The minimum Gasteiger partial charge on any atom is -0.481 e. The fourth-order valence-electron chi connectivity index (χ4n) is 1.68. The third-order valence-electron chi connectivity index (χ3n) is 2.56. The van der Waals surface area contributed by atoms with Crippen LogP contribution in [0, 0.1) is 5.92 Å². The molecule has 2 heterocycles. The van der Waals surface area contributed by atoms with Gasteiger partial charge < -0.3 is 15.2 Å². The van der Waals surface area contributed by atoms with Crippen LogP contribution in [0.25, 0.3) is 11.0 Å². The lowest BCUT2D eigenvalue weighted by Gasteiger charge is -2.05. The Bertz CT molecular complexity index is 562. The molecule has 0 bridgehead atoms. The molecule has 0 saturated heterocycles. The number of carboxylic acid groups (broad SMARTS) is 2. The van der Waals surface area contributed by atoms with Crippen molar-refractivity contribution in [2.75, 3.05) is 0 Å². The largest absolute Gasteiger partial charge is 0.481 e. The Kier molecular flexibility index (Phi) is 2.78. The molecule has 0 fully saturated rings. The van der Waals surface area contributed by atoms with E-state index in [1.807, 2.05) is 0 Å². The van der Waals surface area contributed by atoms with Crippen LogP contribution in [-0.2, 0) is 16.0 Å². The van der Waals surface area contributed by atoms with Gasteiger partial charge in [-0.25, -0.2) is 4.98 Å². The van der Waals surface area contributed by atoms with Gasteiger partial charge in [0.2, 0.25) is 0 Å². The lowest BCUT2D eigenvalue weighted by atomic mass is 10.00. The van der Waals surface area contributed by atoms with Crippen LogP contribution >= 0.6 is 0 Å². The Morgan fingerprint density at radius 2 is 2.06 bits per heavy atom. The summed E-state index contributed by atoms with van der Waals surface area (Å²) in [4.78, 5) is 28.5. The van der Waals surface area contributed by atoms with E-state index in [9.17, 15) is 9.59 Å². The summed E-state index contributed by atoms with van der Waals surface area (Å²) in [5.41, 5.74) is 1.26. The number of nitrogens with zero attached hydrogens (tertiary/aromatic N) is 1. The Balaban J connectivity index is 2.35. The molecule has 0 aliphatic rings. The maximum Gasteiger partial charge on any atom is 0.318 e. The molecule has 0 atom stereocenters. The normalized spacial score (nSPS) is 10.9. The monoisotopic (exact) mass is 234 g/mol. The summed E-state index contributed by atoms with van der Waals surface area (Å²) in [5, 5.41) is 18.4. The molecule has 88 valence electrons. The average molecular weight is 234 g/mol. The molecule has 0 spiro atoms. The second-order valence-corrected chi connectivity index (χ2v) is 3.65. The first-order chi connectivity index (χ1) is 8.09. The predicted octanol–water partition coefficient (Wildman–Crippen LogP) is 0.891.